The number of rotatable bonds is 2. The Hall–Kier alpha value is -1.31. The minimum Gasteiger partial charge on any atom is -0.506 e. The summed E-state index contributed by atoms with van der Waals surface area (Å²) in [6, 6.07) is 3.92. The molecule has 0 amide bonds. The van der Waals surface area contributed by atoms with Crippen LogP contribution >= 0.6 is 0 Å². The number of phenolic OH excluding ortho intramolecular Hbond substituents is 1. The molecule has 0 aromatic heterocycles. The number of aromatic hydroxyl groups is 1. The van der Waals surface area contributed by atoms with Crippen LogP contribution in [0.5, 0.6) is 5.75 Å². The van der Waals surface area contributed by atoms with Crippen LogP contribution in [-0.2, 0) is 14.8 Å². The SMILES string of the molecule is Nc1cc(S(=O)(=O)N2CCCOCC2)ccc1O. The normalized spacial score (nSPS) is 18.4. The molecule has 0 saturated carbocycles. The largest absolute Gasteiger partial charge is 0.506 e. The van der Waals surface area contributed by atoms with Crippen LogP contribution in [0.1, 0.15) is 6.42 Å². The Morgan fingerprint density at radius 1 is 1.28 bits per heavy atom. The Labute approximate surface area is 106 Å². The molecule has 0 bridgehead atoms. The second-order valence-electron chi connectivity index (χ2n) is 4.09. The fourth-order valence-corrected chi connectivity index (χ4v) is 3.30. The van der Waals surface area contributed by atoms with Gasteiger partial charge >= 0.3 is 0 Å². The van der Waals surface area contributed by atoms with Gasteiger partial charge in [-0.2, -0.15) is 4.31 Å². The standard InChI is InChI=1S/C11H16N2O4S/c12-10-8-9(2-3-11(10)14)18(15,16)13-4-1-6-17-7-5-13/h2-3,8,14H,1,4-7,12H2. The van der Waals surface area contributed by atoms with E-state index in [1.54, 1.807) is 0 Å². The van der Waals surface area contributed by atoms with Gasteiger partial charge in [0.25, 0.3) is 0 Å². The van der Waals surface area contributed by atoms with Gasteiger partial charge in [0.1, 0.15) is 5.75 Å². The van der Waals surface area contributed by atoms with Crippen molar-refractivity contribution in [1.82, 2.24) is 4.31 Å². The van der Waals surface area contributed by atoms with Gasteiger partial charge in [-0.05, 0) is 24.6 Å². The second-order valence-corrected chi connectivity index (χ2v) is 6.03. The van der Waals surface area contributed by atoms with Crippen molar-refractivity contribution in [2.24, 2.45) is 0 Å². The first-order valence-corrected chi connectivity index (χ1v) is 7.12. The molecule has 100 valence electrons. The molecule has 2 rings (SSSR count). The minimum atomic E-state index is -3.56. The molecule has 0 radical (unpaired) electrons. The van der Waals surface area contributed by atoms with Gasteiger partial charge < -0.3 is 15.6 Å². The van der Waals surface area contributed by atoms with Crippen LogP contribution in [-0.4, -0.2) is 44.1 Å². The second kappa shape index (κ2) is 5.13. The summed E-state index contributed by atoms with van der Waals surface area (Å²) >= 11 is 0. The van der Waals surface area contributed by atoms with E-state index in [2.05, 4.69) is 0 Å². The van der Waals surface area contributed by atoms with Crippen LogP contribution < -0.4 is 5.73 Å². The van der Waals surface area contributed by atoms with Gasteiger partial charge in [0.15, 0.2) is 0 Å². The molecule has 1 fully saturated rings. The highest BCUT2D eigenvalue weighted by Crippen LogP contribution is 2.25. The minimum absolute atomic E-state index is 0.0575. The summed E-state index contributed by atoms with van der Waals surface area (Å²) in [7, 11) is -3.56. The number of hydrogen-bond acceptors (Lipinski definition) is 5. The Kier molecular flexibility index (Phi) is 3.74. The molecule has 1 aliphatic rings. The molecule has 6 nitrogen and oxygen atoms in total. The first kappa shape index (κ1) is 13.1. The monoisotopic (exact) mass is 272 g/mol. The third-order valence-corrected chi connectivity index (χ3v) is 4.71. The van der Waals surface area contributed by atoms with Gasteiger partial charge in [-0.25, -0.2) is 8.42 Å². The van der Waals surface area contributed by atoms with E-state index < -0.39 is 10.0 Å². The summed E-state index contributed by atoms with van der Waals surface area (Å²) in [4.78, 5) is 0.0969. The van der Waals surface area contributed by atoms with E-state index in [4.69, 9.17) is 10.5 Å². The number of hydrogen-bond donors (Lipinski definition) is 2. The van der Waals surface area contributed by atoms with Crippen LogP contribution in [0.25, 0.3) is 0 Å². The van der Waals surface area contributed by atoms with Gasteiger partial charge in [-0.15, -0.1) is 0 Å². The molecule has 1 saturated heterocycles. The van der Waals surface area contributed by atoms with Gasteiger partial charge in [0.2, 0.25) is 10.0 Å². The first-order chi connectivity index (χ1) is 8.51. The molecule has 0 atom stereocenters. The van der Waals surface area contributed by atoms with E-state index in [1.165, 1.54) is 22.5 Å². The van der Waals surface area contributed by atoms with E-state index in [0.717, 1.165) is 0 Å². The zero-order valence-corrected chi connectivity index (χ0v) is 10.7. The predicted molar refractivity (Wildman–Crippen MR) is 66.7 cm³/mol. The summed E-state index contributed by atoms with van der Waals surface area (Å²) in [5, 5.41) is 9.31. The van der Waals surface area contributed by atoms with Crippen molar-refractivity contribution < 1.29 is 18.3 Å². The van der Waals surface area contributed by atoms with E-state index in [-0.39, 0.29) is 16.3 Å². The van der Waals surface area contributed by atoms with E-state index >= 15 is 0 Å². The maximum Gasteiger partial charge on any atom is 0.243 e. The van der Waals surface area contributed by atoms with Crippen LogP contribution in [0.15, 0.2) is 23.1 Å². The summed E-state index contributed by atoms with van der Waals surface area (Å²) < 4.78 is 31.3. The summed E-state index contributed by atoms with van der Waals surface area (Å²) in [6.45, 7) is 1.74. The van der Waals surface area contributed by atoms with Crippen molar-refractivity contribution in [3.63, 3.8) is 0 Å². The Balaban J connectivity index is 2.31. The van der Waals surface area contributed by atoms with Crippen LogP contribution in [0, 0.1) is 0 Å². The fourth-order valence-electron chi connectivity index (χ4n) is 1.81. The lowest BCUT2D eigenvalue weighted by Gasteiger charge is -2.19. The van der Waals surface area contributed by atoms with Crippen LogP contribution in [0.2, 0.25) is 0 Å². The third-order valence-electron chi connectivity index (χ3n) is 2.82. The molecule has 18 heavy (non-hydrogen) atoms. The average molecular weight is 272 g/mol. The Bertz CT molecular complexity index is 522. The zero-order valence-electron chi connectivity index (χ0n) is 9.87. The molecule has 7 heteroatoms. The average Bonchev–Trinajstić information content (AvgIpc) is 2.61. The Morgan fingerprint density at radius 2 is 2.06 bits per heavy atom. The van der Waals surface area contributed by atoms with Crippen molar-refractivity contribution in [3.8, 4) is 5.75 Å². The molecular weight excluding hydrogens is 256 g/mol. The molecule has 1 aromatic rings. The molecule has 1 aromatic carbocycles. The molecule has 0 spiro atoms. The number of nitrogen functional groups attached to an aromatic ring is 1. The van der Waals surface area contributed by atoms with Crippen molar-refractivity contribution in [2.45, 2.75) is 11.3 Å². The van der Waals surface area contributed by atoms with Gasteiger partial charge in [-0.3, -0.25) is 0 Å². The molecule has 0 aliphatic carbocycles. The maximum absolute atomic E-state index is 12.3. The molecule has 3 N–H and O–H groups in total. The van der Waals surface area contributed by atoms with E-state index in [0.29, 0.717) is 32.7 Å². The highest BCUT2D eigenvalue weighted by atomic mass is 32.2. The lowest BCUT2D eigenvalue weighted by atomic mass is 10.3. The number of ether oxygens (including phenoxy) is 1. The number of benzene rings is 1. The molecule has 1 aliphatic heterocycles. The number of sulfonamides is 1. The zero-order chi connectivity index (χ0) is 13.2. The highest BCUT2D eigenvalue weighted by molar-refractivity contribution is 7.89. The number of nitrogens with two attached hydrogens (primary N) is 1. The van der Waals surface area contributed by atoms with E-state index in [1.807, 2.05) is 0 Å². The quantitative estimate of drug-likeness (QED) is 0.600. The number of nitrogens with zero attached hydrogens (tertiary/aromatic N) is 1. The lowest BCUT2D eigenvalue weighted by molar-refractivity contribution is 0.148. The third kappa shape index (κ3) is 2.58. The van der Waals surface area contributed by atoms with Gasteiger partial charge in [0.05, 0.1) is 17.2 Å². The molecule has 1 heterocycles. The number of anilines is 1. The van der Waals surface area contributed by atoms with Crippen molar-refractivity contribution in [2.75, 3.05) is 32.0 Å². The predicted octanol–water partition coefficient (Wildman–Crippen LogP) is 0.385. The van der Waals surface area contributed by atoms with E-state index in [9.17, 15) is 13.5 Å². The van der Waals surface area contributed by atoms with Gasteiger partial charge in [0, 0.05) is 19.7 Å². The summed E-state index contributed by atoms with van der Waals surface area (Å²) in [6.07, 6.45) is 0.673. The summed E-state index contributed by atoms with van der Waals surface area (Å²) in [5.74, 6) is -0.117. The molecule has 0 unspecified atom stereocenters. The maximum atomic E-state index is 12.3. The first-order valence-electron chi connectivity index (χ1n) is 5.68. The smallest absolute Gasteiger partial charge is 0.243 e. The van der Waals surface area contributed by atoms with Crippen molar-refractivity contribution in [3.05, 3.63) is 18.2 Å². The lowest BCUT2D eigenvalue weighted by Crippen LogP contribution is -2.33. The van der Waals surface area contributed by atoms with Gasteiger partial charge in [-0.1, -0.05) is 0 Å². The van der Waals surface area contributed by atoms with Crippen molar-refractivity contribution >= 4 is 15.7 Å². The number of phenols is 1. The topological polar surface area (TPSA) is 92.9 Å². The molecular formula is C11H16N2O4S. The van der Waals surface area contributed by atoms with Crippen LogP contribution in [0.3, 0.4) is 0 Å². The summed E-state index contributed by atoms with van der Waals surface area (Å²) in [5.41, 5.74) is 5.58. The highest BCUT2D eigenvalue weighted by Gasteiger charge is 2.25. The Morgan fingerprint density at radius 3 is 2.78 bits per heavy atom. The fraction of sp³-hybridized carbons (Fsp3) is 0.455. The van der Waals surface area contributed by atoms with Crippen molar-refractivity contribution in [1.29, 1.82) is 0 Å². The van der Waals surface area contributed by atoms with Crippen LogP contribution in [0.4, 0.5) is 5.69 Å².